The number of benzene rings is 1. The van der Waals surface area contributed by atoms with Crippen LogP contribution in [-0.2, 0) is 14.4 Å². The molecule has 0 bridgehead atoms. The highest BCUT2D eigenvalue weighted by atomic mass is 16.7. The number of carbonyl (C=O) groups excluding carboxylic acids is 3. The van der Waals surface area contributed by atoms with Crippen molar-refractivity contribution < 1.29 is 24.0 Å². The average Bonchev–Trinajstić information content (AvgIpc) is 2.81. The molecule has 0 aromatic heterocycles. The number of ether oxygens (including phenoxy) is 1. The molecule has 2 heterocycles. The second kappa shape index (κ2) is 5.96. The summed E-state index contributed by atoms with van der Waals surface area (Å²) in [5.41, 5.74) is 0.0816. The summed E-state index contributed by atoms with van der Waals surface area (Å²) in [4.78, 5) is 41.6. The number of carbonyl (C=O) groups is 3. The van der Waals surface area contributed by atoms with E-state index in [2.05, 4.69) is 6.58 Å². The normalized spacial score (nSPS) is 19.4. The Labute approximate surface area is 133 Å². The summed E-state index contributed by atoms with van der Waals surface area (Å²) in [6.07, 6.45) is 3.12. The molecule has 1 aromatic carbocycles. The maximum atomic E-state index is 12.2. The molecule has 23 heavy (non-hydrogen) atoms. The molecule has 120 valence electrons. The van der Waals surface area contributed by atoms with Crippen LogP contribution in [0.15, 0.2) is 36.9 Å². The van der Waals surface area contributed by atoms with Crippen LogP contribution in [0.2, 0.25) is 0 Å². The predicted octanol–water partition coefficient (Wildman–Crippen LogP) is 2.11. The molecule has 1 saturated heterocycles. The van der Waals surface area contributed by atoms with Gasteiger partial charge in [0.2, 0.25) is 0 Å². The Bertz CT molecular complexity index is 640. The summed E-state index contributed by atoms with van der Waals surface area (Å²) in [6, 6.07) is 6.38. The SMILES string of the molecule is C=CC1(CC(=O)ON2C(=O)c3ccccc3C2=O)CCOCC1. The van der Waals surface area contributed by atoms with Crippen molar-refractivity contribution in [1.82, 2.24) is 5.06 Å². The van der Waals surface area contributed by atoms with Crippen LogP contribution in [0.3, 0.4) is 0 Å². The van der Waals surface area contributed by atoms with Gasteiger partial charge in [-0.2, -0.15) is 0 Å². The molecule has 2 amide bonds. The Balaban J connectivity index is 1.70. The van der Waals surface area contributed by atoms with E-state index >= 15 is 0 Å². The Morgan fingerprint density at radius 2 is 1.78 bits per heavy atom. The maximum absolute atomic E-state index is 12.2. The van der Waals surface area contributed by atoms with E-state index in [0.29, 0.717) is 31.1 Å². The van der Waals surface area contributed by atoms with Crippen molar-refractivity contribution in [3.05, 3.63) is 48.0 Å². The van der Waals surface area contributed by atoms with Crippen LogP contribution < -0.4 is 0 Å². The van der Waals surface area contributed by atoms with Crippen LogP contribution in [0.25, 0.3) is 0 Å². The molecule has 0 spiro atoms. The van der Waals surface area contributed by atoms with E-state index in [1.165, 1.54) is 12.1 Å². The molecular weight excluding hydrogens is 298 g/mol. The van der Waals surface area contributed by atoms with Crippen LogP contribution in [0.5, 0.6) is 0 Å². The number of hydroxylamine groups is 2. The molecule has 0 N–H and O–H groups in total. The summed E-state index contributed by atoms with van der Waals surface area (Å²) >= 11 is 0. The first-order chi connectivity index (χ1) is 11.1. The van der Waals surface area contributed by atoms with Gasteiger partial charge in [0.15, 0.2) is 0 Å². The fourth-order valence-corrected chi connectivity index (χ4v) is 2.90. The van der Waals surface area contributed by atoms with Gasteiger partial charge in [-0.15, -0.1) is 6.58 Å². The predicted molar refractivity (Wildman–Crippen MR) is 80.3 cm³/mol. The molecular formula is C17H17NO5. The number of fused-ring (bicyclic) bond motifs is 1. The van der Waals surface area contributed by atoms with Crippen molar-refractivity contribution in [2.24, 2.45) is 5.41 Å². The van der Waals surface area contributed by atoms with Gasteiger partial charge in [-0.05, 0) is 25.0 Å². The first kappa shape index (κ1) is 15.4. The Morgan fingerprint density at radius 1 is 1.22 bits per heavy atom. The first-order valence-electron chi connectivity index (χ1n) is 7.46. The van der Waals surface area contributed by atoms with Crippen molar-refractivity contribution >= 4 is 17.8 Å². The van der Waals surface area contributed by atoms with Gasteiger partial charge in [0, 0.05) is 18.6 Å². The fraction of sp³-hybridized carbons (Fsp3) is 0.353. The van der Waals surface area contributed by atoms with E-state index in [1.54, 1.807) is 18.2 Å². The minimum atomic E-state index is -0.624. The lowest BCUT2D eigenvalue weighted by molar-refractivity contribution is -0.171. The van der Waals surface area contributed by atoms with Gasteiger partial charge in [0.05, 0.1) is 17.5 Å². The first-order valence-corrected chi connectivity index (χ1v) is 7.46. The number of hydrogen-bond acceptors (Lipinski definition) is 5. The van der Waals surface area contributed by atoms with E-state index in [9.17, 15) is 14.4 Å². The number of amides is 2. The zero-order chi connectivity index (χ0) is 16.4. The van der Waals surface area contributed by atoms with Crippen molar-refractivity contribution in [3.8, 4) is 0 Å². The van der Waals surface area contributed by atoms with Gasteiger partial charge >= 0.3 is 5.97 Å². The standard InChI is InChI=1S/C17H17NO5/c1-2-17(7-9-22-10-8-17)11-14(19)23-18-15(20)12-5-3-4-6-13(12)16(18)21/h2-6H,1,7-11H2. The number of hydrogen-bond donors (Lipinski definition) is 0. The summed E-state index contributed by atoms with van der Waals surface area (Å²) in [6.45, 7) is 4.89. The van der Waals surface area contributed by atoms with E-state index < -0.39 is 23.2 Å². The van der Waals surface area contributed by atoms with Crippen LogP contribution >= 0.6 is 0 Å². The third-order valence-corrected chi connectivity index (χ3v) is 4.37. The molecule has 0 atom stereocenters. The lowest BCUT2D eigenvalue weighted by atomic mass is 9.77. The largest absolute Gasteiger partial charge is 0.381 e. The minimum absolute atomic E-state index is 0.0628. The second-order valence-corrected chi connectivity index (χ2v) is 5.77. The molecule has 3 rings (SSSR count). The molecule has 0 radical (unpaired) electrons. The molecule has 2 aliphatic rings. The molecule has 0 aliphatic carbocycles. The van der Waals surface area contributed by atoms with E-state index in [1.807, 2.05) is 0 Å². The van der Waals surface area contributed by atoms with Crippen LogP contribution in [0.1, 0.15) is 40.0 Å². The fourth-order valence-electron chi connectivity index (χ4n) is 2.90. The van der Waals surface area contributed by atoms with E-state index in [0.717, 1.165) is 0 Å². The third kappa shape index (κ3) is 2.77. The van der Waals surface area contributed by atoms with Crippen molar-refractivity contribution in [1.29, 1.82) is 0 Å². The van der Waals surface area contributed by atoms with E-state index in [4.69, 9.17) is 9.57 Å². The van der Waals surface area contributed by atoms with Crippen LogP contribution in [0.4, 0.5) is 0 Å². The summed E-state index contributed by atoms with van der Waals surface area (Å²) in [5.74, 6) is -1.85. The van der Waals surface area contributed by atoms with Gasteiger partial charge < -0.3 is 9.57 Å². The molecule has 1 fully saturated rings. The van der Waals surface area contributed by atoms with Gasteiger partial charge in [0.25, 0.3) is 11.8 Å². The Hall–Kier alpha value is -2.47. The molecule has 1 aromatic rings. The van der Waals surface area contributed by atoms with Gasteiger partial charge in [-0.3, -0.25) is 9.59 Å². The highest BCUT2D eigenvalue weighted by molar-refractivity contribution is 6.20. The molecule has 6 heteroatoms. The van der Waals surface area contributed by atoms with Gasteiger partial charge in [-0.25, -0.2) is 4.79 Å². The van der Waals surface area contributed by atoms with Crippen LogP contribution in [-0.4, -0.2) is 36.1 Å². The third-order valence-electron chi connectivity index (χ3n) is 4.37. The number of imide groups is 1. The molecule has 0 unspecified atom stereocenters. The lowest BCUT2D eigenvalue weighted by Gasteiger charge is -2.33. The summed E-state index contributed by atoms with van der Waals surface area (Å²) < 4.78 is 5.30. The maximum Gasteiger partial charge on any atom is 0.334 e. The quantitative estimate of drug-likeness (QED) is 0.628. The minimum Gasteiger partial charge on any atom is -0.381 e. The number of rotatable bonds is 4. The van der Waals surface area contributed by atoms with Crippen molar-refractivity contribution in [2.75, 3.05) is 13.2 Å². The smallest absolute Gasteiger partial charge is 0.334 e. The zero-order valence-electron chi connectivity index (χ0n) is 12.6. The summed E-state index contributed by atoms with van der Waals surface area (Å²) in [7, 11) is 0. The topological polar surface area (TPSA) is 72.9 Å². The van der Waals surface area contributed by atoms with Crippen LogP contribution in [0, 0.1) is 5.41 Å². The van der Waals surface area contributed by atoms with Gasteiger partial charge in [0.1, 0.15) is 0 Å². The monoisotopic (exact) mass is 315 g/mol. The van der Waals surface area contributed by atoms with Gasteiger partial charge in [-0.1, -0.05) is 23.3 Å². The second-order valence-electron chi connectivity index (χ2n) is 5.77. The van der Waals surface area contributed by atoms with Crippen molar-refractivity contribution in [3.63, 3.8) is 0 Å². The Kier molecular flexibility index (Phi) is 4.00. The van der Waals surface area contributed by atoms with E-state index in [-0.39, 0.29) is 17.5 Å². The average molecular weight is 315 g/mol. The summed E-state index contributed by atoms with van der Waals surface area (Å²) in [5, 5.41) is 0.545. The number of allylic oxidation sites excluding steroid dienone is 1. The zero-order valence-corrected chi connectivity index (χ0v) is 12.6. The molecule has 6 nitrogen and oxygen atoms in total. The molecule has 2 aliphatic heterocycles. The molecule has 0 saturated carbocycles. The lowest BCUT2D eigenvalue weighted by Crippen LogP contribution is -2.36. The number of nitrogens with zero attached hydrogens (tertiary/aromatic N) is 1. The van der Waals surface area contributed by atoms with Crippen molar-refractivity contribution in [2.45, 2.75) is 19.3 Å². The highest BCUT2D eigenvalue weighted by Gasteiger charge is 2.40. The Morgan fingerprint density at radius 3 is 2.30 bits per heavy atom. The highest BCUT2D eigenvalue weighted by Crippen LogP contribution is 2.36.